The fraction of sp³-hybridized carbons (Fsp3) is 0.143. The second-order valence-corrected chi connectivity index (χ2v) is 3.57. The molecule has 0 spiro atoms. The lowest BCUT2D eigenvalue weighted by molar-refractivity contribution is 1.03. The number of hydrogen-bond donors (Lipinski definition) is 0. The van der Waals surface area contributed by atoms with Crippen LogP contribution in [0.5, 0.6) is 0 Å². The van der Waals surface area contributed by atoms with Gasteiger partial charge in [-0.25, -0.2) is 0 Å². The van der Waals surface area contributed by atoms with Crippen LogP contribution in [0.15, 0.2) is 66.4 Å². The van der Waals surface area contributed by atoms with Crippen molar-refractivity contribution in [2.45, 2.75) is 6.42 Å². The maximum absolute atomic E-state index is 2.22. The van der Waals surface area contributed by atoms with E-state index >= 15 is 0 Å². The molecule has 2 rings (SSSR count). The number of para-hydroxylation sites is 1. The number of benzene rings is 1. The van der Waals surface area contributed by atoms with E-state index in [4.69, 9.17) is 0 Å². The van der Waals surface area contributed by atoms with Gasteiger partial charge in [0, 0.05) is 24.9 Å². The van der Waals surface area contributed by atoms with Crippen LogP contribution in [0.3, 0.4) is 0 Å². The summed E-state index contributed by atoms with van der Waals surface area (Å²) in [5.41, 5.74) is 2.54. The molecule has 1 aromatic carbocycles. The van der Waals surface area contributed by atoms with E-state index in [9.17, 15) is 0 Å². The normalized spacial score (nSPS) is 14.6. The Bertz CT molecular complexity index is 399. The van der Waals surface area contributed by atoms with Crippen LogP contribution in [0.2, 0.25) is 0 Å². The topological polar surface area (TPSA) is 3.24 Å². The molecule has 0 aromatic heterocycles. The summed E-state index contributed by atoms with van der Waals surface area (Å²) in [4.78, 5) is 2.22. The Balaban J connectivity index is 2.21. The Labute approximate surface area is 91.0 Å². The third-order valence-electron chi connectivity index (χ3n) is 2.55. The number of nitrogens with zero attached hydrogens (tertiary/aromatic N) is 1. The lowest BCUT2D eigenvalue weighted by Gasteiger charge is -2.21. The van der Waals surface area contributed by atoms with Crippen molar-refractivity contribution >= 4 is 5.69 Å². The smallest absolute Gasteiger partial charge is 0.0405 e. The minimum atomic E-state index is 0.985. The van der Waals surface area contributed by atoms with Crippen molar-refractivity contribution in [3.05, 3.63) is 66.4 Å². The third-order valence-corrected chi connectivity index (χ3v) is 2.55. The summed E-state index contributed by atoms with van der Waals surface area (Å²) in [6, 6.07) is 10.4. The van der Waals surface area contributed by atoms with E-state index in [1.165, 1.54) is 11.4 Å². The molecule has 1 aromatic rings. The molecule has 0 unspecified atom stereocenters. The van der Waals surface area contributed by atoms with E-state index in [0.717, 1.165) is 6.42 Å². The molecule has 0 radical (unpaired) electrons. The average molecular weight is 197 g/mol. The summed E-state index contributed by atoms with van der Waals surface area (Å²) in [7, 11) is 2.11. The average Bonchev–Trinajstić information content (AvgIpc) is 2.58. The van der Waals surface area contributed by atoms with Crippen LogP contribution in [-0.4, -0.2) is 7.05 Å². The van der Waals surface area contributed by atoms with Crippen LogP contribution in [-0.2, 0) is 0 Å². The molecule has 1 heteroatoms. The van der Waals surface area contributed by atoms with Crippen LogP contribution < -0.4 is 4.90 Å². The second-order valence-electron chi connectivity index (χ2n) is 3.57. The molecule has 0 N–H and O–H groups in total. The first-order valence-corrected chi connectivity index (χ1v) is 5.19. The molecule has 1 aliphatic carbocycles. The molecule has 0 amide bonds. The van der Waals surface area contributed by atoms with Gasteiger partial charge in [-0.3, -0.25) is 0 Å². The number of rotatable bonds is 2. The molecular weight excluding hydrogens is 182 g/mol. The predicted molar refractivity (Wildman–Crippen MR) is 65.8 cm³/mol. The first-order valence-electron chi connectivity index (χ1n) is 5.19. The van der Waals surface area contributed by atoms with Gasteiger partial charge in [0.25, 0.3) is 0 Å². The highest BCUT2D eigenvalue weighted by Crippen LogP contribution is 2.19. The number of hydrogen-bond acceptors (Lipinski definition) is 1. The van der Waals surface area contributed by atoms with Crippen LogP contribution >= 0.6 is 0 Å². The first-order chi connectivity index (χ1) is 7.38. The molecule has 0 heterocycles. The van der Waals surface area contributed by atoms with Crippen molar-refractivity contribution in [3.63, 3.8) is 0 Å². The van der Waals surface area contributed by atoms with Gasteiger partial charge in [-0.1, -0.05) is 42.5 Å². The zero-order valence-corrected chi connectivity index (χ0v) is 8.93. The summed E-state index contributed by atoms with van der Waals surface area (Å²) in [5.74, 6) is 0. The highest BCUT2D eigenvalue weighted by atomic mass is 15.1. The van der Waals surface area contributed by atoms with Crippen LogP contribution in [0.4, 0.5) is 5.69 Å². The fourth-order valence-corrected chi connectivity index (χ4v) is 1.63. The maximum atomic E-state index is 2.22. The molecular formula is C14H15N. The fourth-order valence-electron chi connectivity index (χ4n) is 1.63. The molecule has 1 nitrogen and oxygen atoms in total. The van der Waals surface area contributed by atoms with Crippen molar-refractivity contribution in [2.24, 2.45) is 0 Å². The Kier molecular flexibility index (Phi) is 3.03. The minimum absolute atomic E-state index is 0.985. The van der Waals surface area contributed by atoms with Gasteiger partial charge in [-0.15, -0.1) is 0 Å². The second kappa shape index (κ2) is 4.65. The van der Waals surface area contributed by atoms with Crippen molar-refractivity contribution in [1.82, 2.24) is 0 Å². The zero-order valence-electron chi connectivity index (χ0n) is 8.93. The molecule has 0 saturated heterocycles. The van der Waals surface area contributed by atoms with Gasteiger partial charge < -0.3 is 4.90 Å². The van der Waals surface area contributed by atoms with E-state index in [-0.39, 0.29) is 0 Å². The Morgan fingerprint density at radius 2 is 1.80 bits per heavy atom. The summed E-state index contributed by atoms with van der Waals surface area (Å²) >= 11 is 0. The van der Waals surface area contributed by atoms with Gasteiger partial charge in [0.15, 0.2) is 0 Å². The largest absolute Gasteiger partial charge is 0.348 e. The van der Waals surface area contributed by atoms with Crippen LogP contribution in [0, 0.1) is 0 Å². The van der Waals surface area contributed by atoms with Crippen molar-refractivity contribution < 1.29 is 0 Å². The van der Waals surface area contributed by atoms with Crippen molar-refractivity contribution in [1.29, 1.82) is 0 Å². The Morgan fingerprint density at radius 3 is 2.60 bits per heavy atom. The van der Waals surface area contributed by atoms with E-state index < -0.39 is 0 Å². The van der Waals surface area contributed by atoms with Gasteiger partial charge in [0.05, 0.1) is 0 Å². The van der Waals surface area contributed by atoms with Crippen molar-refractivity contribution in [3.8, 4) is 0 Å². The molecule has 0 atom stereocenters. The first kappa shape index (κ1) is 9.78. The molecule has 0 fully saturated rings. The van der Waals surface area contributed by atoms with Crippen LogP contribution in [0.1, 0.15) is 6.42 Å². The Morgan fingerprint density at radius 1 is 1.00 bits per heavy atom. The molecule has 76 valence electrons. The molecule has 0 aliphatic heterocycles. The van der Waals surface area contributed by atoms with Gasteiger partial charge >= 0.3 is 0 Å². The quantitative estimate of drug-likeness (QED) is 0.701. The summed E-state index contributed by atoms with van der Waals surface area (Å²) in [6.07, 6.45) is 11.5. The molecule has 0 bridgehead atoms. The van der Waals surface area contributed by atoms with Crippen LogP contribution in [0.25, 0.3) is 0 Å². The van der Waals surface area contributed by atoms with Gasteiger partial charge in [-0.2, -0.15) is 0 Å². The highest BCUT2D eigenvalue weighted by Gasteiger charge is 2.04. The van der Waals surface area contributed by atoms with E-state index in [2.05, 4.69) is 66.6 Å². The zero-order chi connectivity index (χ0) is 10.5. The maximum Gasteiger partial charge on any atom is 0.0405 e. The standard InChI is InChI=1S/C14H15N/c1-15(14-11-7-4-8-12-14)13-9-5-2-3-6-10-13/h2-9,11-12H,10H2,1H3. The van der Waals surface area contributed by atoms with Gasteiger partial charge in [0.2, 0.25) is 0 Å². The minimum Gasteiger partial charge on any atom is -0.348 e. The van der Waals surface area contributed by atoms with Gasteiger partial charge in [0.1, 0.15) is 0 Å². The van der Waals surface area contributed by atoms with E-state index in [0.29, 0.717) is 0 Å². The molecule has 0 saturated carbocycles. The third kappa shape index (κ3) is 2.38. The van der Waals surface area contributed by atoms with Gasteiger partial charge in [-0.05, 0) is 18.2 Å². The molecule has 1 aliphatic rings. The summed E-state index contributed by atoms with van der Waals surface area (Å²) < 4.78 is 0. The summed E-state index contributed by atoms with van der Waals surface area (Å²) in [6.45, 7) is 0. The molecule has 15 heavy (non-hydrogen) atoms. The monoisotopic (exact) mass is 197 g/mol. The highest BCUT2D eigenvalue weighted by molar-refractivity contribution is 5.52. The number of anilines is 1. The van der Waals surface area contributed by atoms with E-state index in [1.54, 1.807) is 0 Å². The van der Waals surface area contributed by atoms with Crippen molar-refractivity contribution in [2.75, 3.05) is 11.9 Å². The lowest BCUT2D eigenvalue weighted by atomic mass is 10.2. The SMILES string of the molecule is CN(C1=CC=CC=CC1)c1ccccc1. The number of allylic oxidation sites excluding steroid dienone is 5. The van der Waals surface area contributed by atoms with E-state index in [1.807, 2.05) is 6.07 Å². The predicted octanol–water partition coefficient (Wildman–Crippen LogP) is 3.52. The lowest BCUT2D eigenvalue weighted by Crippen LogP contribution is -2.15. The summed E-state index contributed by atoms with van der Waals surface area (Å²) in [5, 5.41) is 0. The Hall–Kier alpha value is -1.76.